The van der Waals surface area contributed by atoms with Gasteiger partial charge in [-0.15, -0.1) is 0 Å². The molecule has 2 fully saturated rings. The molecule has 1 amide bonds. The topological polar surface area (TPSA) is 75.6 Å². The van der Waals surface area contributed by atoms with Crippen LogP contribution >= 0.6 is 0 Å². The number of hydrogen-bond donors (Lipinski definition) is 2. The Morgan fingerprint density at radius 1 is 1.11 bits per heavy atom. The molecule has 1 aliphatic carbocycles. The fourth-order valence-corrected chi connectivity index (χ4v) is 2.83. The SMILES string of the molecule is O=C(NC1(C(=O)O)CCCCCC1)[C@@H]1CCCO1. The second-order valence-electron chi connectivity index (χ2n) is 5.29. The lowest BCUT2D eigenvalue weighted by molar-refractivity contribution is -0.150. The summed E-state index contributed by atoms with van der Waals surface area (Å²) in [5, 5.41) is 12.2. The van der Waals surface area contributed by atoms with Crippen LogP contribution in [-0.2, 0) is 14.3 Å². The van der Waals surface area contributed by atoms with Crippen molar-refractivity contribution < 1.29 is 19.4 Å². The molecule has 2 N–H and O–H groups in total. The van der Waals surface area contributed by atoms with Crippen LogP contribution in [0, 0.1) is 0 Å². The molecule has 102 valence electrons. The number of amides is 1. The average Bonchev–Trinajstić information content (AvgIpc) is 2.77. The molecule has 2 rings (SSSR count). The van der Waals surface area contributed by atoms with Gasteiger partial charge in [0.25, 0.3) is 0 Å². The molecule has 2 aliphatic rings. The molecule has 0 unspecified atom stereocenters. The van der Waals surface area contributed by atoms with Crippen molar-refractivity contribution in [1.82, 2.24) is 5.32 Å². The summed E-state index contributed by atoms with van der Waals surface area (Å²) in [6.07, 6.45) is 5.98. The van der Waals surface area contributed by atoms with Gasteiger partial charge in [-0.3, -0.25) is 4.79 Å². The van der Waals surface area contributed by atoms with Gasteiger partial charge < -0.3 is 15.2 Å². The highest BCUT2D eigenvalue weighted by molar-refractivity contribution is 5.89. The first-order valence-corrected chi connectivity index (χ1v) is 6.81. The van der Waals surface area contributed by atoms with E-state index in [2.05, 4.69) is 5.32 Å². The van der Waals surface area contributed by atoms with Crippen LogP contribution in [0.2, 0.25) is 0 Å². The summed E-state index contributed by atoms with van der Waals surface area (Å²) < 4.78 is 5.31. The molecular formula is C13H21NO4. The van der Waals surface area contributed by atoms with Crippen LogP contribution in [0.4, 0.5) is 0 Å². The number of carbonyl (C=O) groups excluding carboxylic acids is 1. The van der Waals surface area contributed by atoms with Crippen LogP contribution in [0.3, 0.4) is 0 Å². The second kappa shape index (κ2) is 5.69. The Balaban J connectivity index is 2.04. The lowest BCUT2D eigenvalue weighted by atomic mass is 9.90. The normalized spacial score (nSPS) is 27.4. The molecule has 0 aromatic rings. The van der Waals surface area contributed by atoms with Gasteiger partial charge in [0.15, 0.2) is 0 Å². The van der Waals surface area contributed by atoms with Gasteiger partial charge >= 0.3 is 5.97 Å². The van der Waals surface area contributed by atoms with E-state index in [1.165, 1.54) is 0 Å². The largest absolute Gasteiger partial charge is 0.480 e. The van der Waals surface area contributed by atoms with Crippen molar-refractivity contribution in [3.05, 3.63) is 0 Å². The van der Waals surface area contributed by atoms with Crippen LogP contribution < -0.4 is 5.32 Å². The highest BCUT2D eigenvalue weighted by Crippen LogP contribution is 2.28. The maximum atomic E-state index is 12.0. The Kier molecular flexibility index (Phi) is 4.22. The molecule has 0 spiro atoms. The molecule has 1 atom stereocenters. The minimum absolute atomic E-state index is 0.253. The van der Waals surface area contributed by atoms with E-state index in [-0.39, 0.29) is 5.91 Å². The minimum Gasteiger partial charge on any atom is -0.480 e. The van der Waals surface area contributed by atoms with Gasteiger partial charge in [0.1, 0.15) is 11.6 Å². The summed E-state index contributed by atoms with van der Waals surface area (Å²) in [7, 11) is 0. The van der Waals surface area contributed by atoms with E-state index in [1.54, 1.807) is 0 Å². The van der Waals surface area contributed by atoms with E-state index in [4.69, 9.17) is 4.74 Å². The van der Waals surface area contributed by atoms with Gasteiger partial charge in [0.05, 0.1) is 0 Å². The summed E-state index contributed by atoms with van der Waals surface area (Å²) >= 11 is 0. The number of carbonyl (C=O) groups is 2. The van der Waals surface area contributed by atoms with Crippen LogP contribution in [0.25, 0.3) is 0 Å². The second-order valence-corrected chi connectivity index (χ2v) is 5.29. The number of hydrogen-bond acceptors (Lipinski definition) is 3. The molecule has 0 radical (unpaired) electrons. The Morgan fingerprint density at radius 3 is 2.28 bits per heavy atom. The van der Waals surface area contributed by atoms with Crippen molar-refractivity contribution >= 4 is 11.9 Å². The lowest BCUT2D eigenvalue weighted by Crippen LogP contribution is -2.56. The van der Waals surface area contributed by atoms with Gasteiger partial charge in [-0.05, 0) is 25.7 Å². The third kappa shape index (κ3) is 2.83. The molecule has 0 aromatic heterocycles. The van der Waals surface area contributed by atoms with Crippen LogP contribution in [0.15, 0.2) is 0 Å². The monoisotopic (exact) mass is 255 g/mol. The van der Waals surface area contributed by atoms with Crippen molar-refractivity contribution in [2.24, 2.45) is 0 Å². The fraction of sp³-hybridized carbons (Fsp3) is 0.846. The Morgan fingerprint density at radius 2 is 1.78 bits per heavy atom. The molecular weight excluding hydrogens is 234 g/mol. The third-order valence-corrected chi connectivity index (χ3v) is 3.95. The predicted molar refractivity (Wildman–Crippen MR) is 65.2 cm³/mol. The number of aliphatic carboxylic acids is 1. The summed E-state index contributed by atoms with van der Waals surface area (Å²) in [5.41, 5.74) is -1.07. The van der Waals surface area contributed by atoms with Crippen molar-refractivity contribution in [1.29, 1.82) is 0 Å². The van der Waals surface area contributed by atoms with E-state index in [9.17, 15) is 14.7 Å². The van der Waals surface area contributed by atoms with Gasteiger partial charge in [-0.2, -0.15) is 0 Å². The Bertz CT molecular complexity index is 315. The summed E-state index contributed by atoms with van der Waals surface area (Å²) in [6.45, 7) is 0.595. The quantitative estimate of drug-likeness (QED) is 0.749. The van der Waals surface area contributed by atoms with Crippen molar-refractivity contribution in [3.63, 3.8) is 0 Å². The number of nitrogens with one attached hydrogen (secondary N) is 1. The first-order valence-electron chi connectivity index (χ1n) is 6.81. The Hall–Kier alpha value is -1.10. The minimum atomic E-state index is -1.07. The van der Waals surface area contributed by atoms with Crippen molar-refractivity contribution in [2.45, 2.75) is 63.0 Å². The molecule has 5 heteroatoms. The molecule has 0 aromatic carbocycles. The maximum Gasteiger partial charge on any atom is 0.329 e. The molecule has 1 saturated heterocycles. The number of carboxylic acids is 1. The molecule has 1 saturated carbocycles. The van der Waals surface area contributed by atoms with Gasteiger partial charge in [0.2, 0.25) is 5.91 Å². The fourth-order valence-electron chi connectivity index (χ4n) is 2.83. The zero-order valence-electron chi connectivity index (χ0n) is 10.6. The van der Waals surface area contributed by atoms with Crippen molar-refractivity contribution in [3.8, 4) is 0 Å². The average molecular weight is 255 g/mol. The standard InChI is InChI=1S/C13H21NO4/c15-11(10-6-5-9-18-10)14-13(12(16)17)7-3-1-2-4-8-13/h10H,1-9H2,(H,14,15)(H,16,17)/t10-/m0/s1. The molecule has 1 heterocycles. The van der Waals surface area contributed by atoms with Crippen molar-refractivity contribution in [2.75, 3.05) is 6.61 Å². The predicted octanol–water partition coefficient (Wildman–Crippen LogP) is 1.46. The zero-order chi connectivity index (χ0) is 13.0. The first-order chi connectivity index (χ1) is 8.64. The highest BCUT2D eigenvalue weighted by atomic mass is 16.5. The Labute approximate surface area is 107 Å². The molecule has 18 heavy (non-hydrogen) atoms. The van der Waals surface area contributed by atoms with E-state index in [1.807, 2.05) is 0 Å². The number of ether oxygens (including phenoxy) is 1. The van der Waals surface area contributed by atoms with Crippen LogP contribution in [0.1, 0.15) is 51.4 Å². The molecule has 0 bridgehead atoms. The van der Waals surface area contributed by atoms with E-state index >= 15 is 0 Å². The van der Waals surface area contributed by atoms with Gasteiger partial charge in [-0.1, -0.05) is 25.7 Å². The van der Waals surface area contributed by atoms with Crippen LogP contribution in [-0.4, -0.2) is 35.2 Å². The van der Waals surface area contributed by atoms with Crippen LogP contribution in [0.5, 0.6) is 0 Å². The smallest absolute Gasteiger partial charge is 0.329 e. The van der Waals surface area contributed by atoms with E-state index in [0.29, 0.717) is 25.9 Å². The number of carboxylic acid groups (broad SMARTS) is 1. The third-order valence-electron chi connectivity index (χ3n) is 3.95. The number of rotatable bonds is 3. The zero-order valence-corrected chi connectivity index (χ0v) is 10.6. The summed E-state index contributed by atoms with van der Waals surface area (Å²) in [4.78, 5) is 23.6. The molecule has 5 nitrogen and oxygen atoms in total. The van der Waals surface area contributed by atoms with E-state index in [0.717, 1.165) is 32.1 Å². The maximum absolute atomic E-state index is 12.0. The van der Waals surface area contributed by atoms with Gasteiger partial charge in [0, 0.05) is 6.61 Å². The summed E-state index contributed by atoms with van der Waals surface area (Å²) in [5.74, 6) is -1.16. The highest BCUT2D eigenvalue weighted by Gasteiger charge is 2.41. The summed E-state index contributed by atoms with van der Waals surface area (Å²) in [6, 6.07) is 0. The van der Waals surface area contributed by atoms with Gasteiger partial charge in [-0.25, -0.2) is 4.79 Å². The lowest BCUT2D eigenvalue weighted by Gasteiger charge is -2.30. The van der Waals surface area contributed by atoms with E-state index < -0.39 is 17.6 Å². The first kappa shape index (κ1) is 13.3. The molecule has 1 aliphatic heterocycles.